The van der Waals surface area contributed by atoms with Crippen LogP contribution in [0.15, 0.2) is 0 Å². The van der Waals surface area contributed by atoms with Gasteiger partial charge in [0.15, 0.2) is 0 Å². The van der Waals surface area contributed by atoms with E-state index in [0.29, 0.717) is 24.4 Å². The average molecular weight is 254 g/mol. The maximum Gasteiger partial charge on any atom is 0.315 e. The summed E-state index contributed by atoms with van der Waals surface area (Å²) >= 11 is 0. The van der Waals surface area contributed by atoms with E-state index in [9.17, 15) is 9.59 Å². The monoisotopic (exact) mass is 254 g/mol. The Kier molecular flexibility index (Phi) is 4.09. The number of carbonyl (C=O) groups excluding carboxylic acids is 1. The Balaban J connectivity index is 1.66. The van der Waals surface area contributed by atoms with Crippen molar-refractivity contribution >= 4 is 12.0 Å². The first-order valence-corrected chi connectivity index (χ1v) is 6.82. The molecule has 0 spiro atoms. The number of aliphatic carboxylic acids is 1. The van der Waals surface area contributed by atoms with Crippen molar-refractivity contribution in [1.82, 2.24) is 10.6 Å². The van der Waals surface area contributed by atoms with Crippen LogP contribution in [0.2, 0.25) is 0 Å². The van der Waals surface area contributed by atoms with Gasteiger partial charge in [0.1, 0.15) is 0 Å². The number of amides is 2. The fraction of sp³-hybridized carbons (Fsp3) is 0.846. The Morgan fingerprint density at radius 1 is 1.22 bits per heavy atom. The number of rotatable bonds is 7. The lowest BCUT2D eigenvalue weighted by Crippen LogP contribution is -2.45. The number of hydrogen-bond donors (Lipinski definition) is 3. The van der Waals surface area contributed by atoms with Crippen LogP contribution in [0.3, 0.4) is 0 Å². The number of hydrogen-bond acceptors (Lipinski definition) is 2. The molecule has 1 unspecified atom stereocenters. The zero-order chi connectivity index (χ0) is 13.1. The van der Waals surface area contributed by atoms with Gasteiger partial charge in [0, 0.05) is 19.0 Å². The Bertz CT molecular complexity index is 312. The first-order valence-electron chi connectivity index (χ1n) is 6.82. The van der Waals surface area contributed by atoms with Crippen molar-refractivity contribution < 1.29 is 14.7 Å². The van der Waals surface area contributed by atoms with Crippen LogP contribution in [0, 0.1) is 17.8 Å². The molecule has 2 aliphatic rings. The first kappa shape index (κ1) is 13.2. The van der Waals surface area contributed by atoms with Crippen LogP contribution >= 0.6 is 0 Å². The van der Waals surface area contributed by atoms with Gasteiger partial charge in [-0.05, 0) is 43.4 Å². The Morgan fingerprint density at radius 2 is 1.78 bits per heavy atom. The molecule has 2 fully saturated rings. The summed E-state index contributed by atoms with van der Waals surface area (Å²) in [6.07, 6.45) is 5.02. The molecule has 3 N–H and O–H groups in total. The van der Waals surface area contributed by atoms with E-state index in [1.165, 1.54) is 25.7 Å². The third kappa shape index (κ3) is 4.20. The van der Waals surface area contributed by atoms with Gasteiger partial charge in [-0.1, -0.05) is 6.92 Å². The Labute approximate surface area is 107 Å². The smallest absolute Gasteiger partial charge is 0.315 e. The van der Waals surface area contributed by atoms with Crippen LogP contribution in [-0.4, -0.2) is 29.7 Å². The molecular formula is C13H22N2O3. The molecule has 18 heavy (non-hydrogen) atoms. The Hall–Kier alpha value is -1.26. The molecule has 5 heteroatoms. The molecule has 0 saturated heterocycles. The number of carboxylic acids is 1. The highest BCUT2D eigenvalue weighted by Crippen LogP contribution is 2.44. The number of carboxylic acid groups (broad SMARTS) is 1. The van der Waals surface area contributed by atoms with Crippen molar-refractivity contribution in [2.75, 3.05) is 6.54 Å². The van der Waals surface area contributed by atoms with Crippen molar-refractivity contribution in [3.8, 4) is 0 Å². The van der Waals surface area contributed by atoms with E-state index in [4.69, 9.17) is 5.11 Å². The summed E-state index contributed by atoms with van der Waals surface area (Å²) in [6, 6.07) is 0.204. The highest BCUT2D eigenvalue weighted by molar-refractivity contribution is 5.74. The van der Waals surface area contributed by atoms with Crippen LogP contribution in [0.4, 0.5) is 4.79 Å². The Morgan fingerprint density at radius 3 is 2.22 bits per heavy atom. The largest absolute Gasteiger partial charge is 0.481 e. The minimum atomic E-state index is -0.821. The van der Waals surface area contributed by atoms with Gasteiger partial charge in [0.05, 0.1) is 0 Å². The molecule has 2 amide bonds. The van der Waals surface area contributed by atoms with E-state index in [1.54, 1.807) is 0 Å². The predicted octanol–water partition coefficient (Wildman–Crippen LogP) is 1.58. The summed E-state index contributed by atoms with van der Waals surface area (Å²) in [6.45, 7) is 2.24. The normalized spacial score (nSPS) is 20.6. The fourth-order valence-electron chi connectivity index (χ4n) is 2.37. The van der Waals surface area contributed by atoms with Gasteiger partial charge in [0.25, 0.3) is 0 Å². The van der Waals surface area contributed by atoms with Crippen molar-refractivity contribution in [2.24, 2.45) is 17.8 Å². The van der Waals surface area contributed by atoms with E-state index in [-0.39, 0.29) is 18.4 Å². The summed E-state index contributed by atoms with van der Waals surface area (Å²) in [5.74, 6) is 0.506. The number of carbonyl (C=O) groups is 2. The van der Waals surface area contributed by atoms with Crippen LogP contribution < -0.4 is 10.6 Å². The van der Waals surface area contributed by atoms with Crippen LogP contribution in [0.25, 0.3) is 0 Å². The molecule has 2 aliphatic carbocycles. The zero-order valence-corrected chi connectivity index (χ0v) is 10.8. The van der Waals surface area contributed by atoms with Crippen molar-refractivity contribution in [3.05, 3.63) is 0 Å². The van der Waals surface area contributed by atoms with Gasteiger partial charge in [-0.25, -0.2) is 4.79 Å². The fourth-order valence-corrected chi connectivity index (χ4v) is 2.37. The summed E-state index contributed by atoms with van der Waals surface area (Å²) in [5.41, 5.74) is 0. The lowest BCUT2D eigenvalue weighted by Gasteiger charge is -2.19. The highest BCUT2D eigenvalue weighted by atomic mass is 16.4. The maximum atomic E-state index is 11.7. The van der Waals surface area contributed by atoms with E-state index in [2.05, 4.69) is 10.6 Å². The second-order valence-corrected chi connectivity index (χ2v) is 5.76. The second-order valence-electron chi connectivity index (χ2n) is 5.76. The van der Waals surface area contributed by atoms with Crippen molar-refractivity contribution in [2.45, 2.75) is 45.1 Å². The van der Waals surface area contributed by atoms with E-state index in [1.807, 2.05) is 6.92 Å². The lowest BCUT2D eigenvalue weighted by atomic mass is 10.1. The van der Waals surface area contributed by atoms with Gasteiger partial charge in [-0.15, -0.1) is 0 Å². The third-order valence-corrected chi connectivity index (χ3v) is 3.69. The molecule has 5 nitrogen and oxygen atoms in total. The van der Waals surface area contributed by atoms with Crippen molar-refractivity contribution in [3.63, 3.8) is 0 Å². The number of nitrogens with one attached hydrogen (secondary N) is 2. The van der Waals surface area contributed by atoms with E-state index in [0.717, 1.165) is 0 Å². The summed E-state index contributed by atoms with van der Waals surface area (Å²) in [7, 11) is 0. The average Bonchev–Trinajstić information content (AvgIpc) is 3.15. The standard InChI is InChI=1S/C13H22N2O3/c1-8(6-11(16)17)7-14-13(18)15-12(9-2-3-9)10-4-5-10/h8-10,12H,2-7H2,1H3,(H,16,17)(H2,14,15,18). The molecule has 0 heterocycles. The third-order valence-electron chi connectivity index (χ3n) is 3.69. The van der Waals surface area contributed by atoms with Crippen LogP contribution in [-0.2, 0) is 4.79 Å². The van der Waals surface area contributed by atoms with Gasteiger partial charge in [-0.3, -0.25) is 4.79 Å². The highest BCUT2D eigenvalue weighted by Gasteiger charge is 2.42. The summed E-state index contributed by atoms with van der Waals surface area (Å²) in [5, 5.41) is 14.5. The SMILES string of the molecule is CC(CNC(=O)NC(C1CC1)C1CC1)CC(=O)O. The topological polar surface area (TPSA) is 78.4 Å². The molecule has 0 aliphatic heterocycles. The molecule has 0 aromatic heterocycles. The minimum absolute atomic E-state index is 0.0338. The predicted molar refractivity (Wildman–Crippen MR) is 67.2 cm³/mol. The lowest BCUT2D eigenvalue weighted by molar-refractivity contribution is -0.137. The summed E-state index contributed by atoms with van der Waals surface area (Å²) in [4.78, 5) is 22.2. The summed E-state index contributed by atoms with van der Waals surface area (Å²) < 4.78 is 0. The maximum absolute atomic E-state index is 11.7. The second kappa shape index (κ2) is 5.59. The van der Waals surface area contributed by atoms with Crippen molar-refractivity contribution in [1.29, 1.82) is 0 Å². The van der Waals surface area contributed by atoms with Crippen LogP contribution in [0.5, 0.6) is 0 Å². The van der Waals surface area contributed by atoms with Gasteiger partial charge in [0.2, 0.25) is 0 Å². The molecule has 1 atom stereocenters. The molecule has 2 rings (SSSR count). The minimum Gasteiger partial charge on any atom is -0.481 e. The molecule has 2 saturated carbocycles. The van der Waals surface area contributed by atoms with Crippen LogP contribution in [0.1, 0.15) is 39.0 Å². The van der Waals surface area contributed by atoms with Gasteiger partial charge >= 0.3 is 12.0 Å². The van der Waals surface area contributed by atoms with E-state index >= 15 is 0 Å². The molecule has 0 radical (unpaired) electrons. The number of urea groups is 1. The molecular weight excluding hydrogens is 232 g/mol. The molecule has 102 valence electrons. The quantitative estimate of drug-likeness (QED) is 0.645. The molecule has 0 aromatic rings. The zero-order valence-electron chi connectivity index (χ0n) is 10.8. The molecule has 0 bridgehead atoms. The van der Waals surface area contributed by atoms with E-state index < -0.39 is 5.97 Å². The first-order chi connectivity index (χ1) is 8.56. The van der Waals surface area contributed by atoms with Gasteiger partial charge < -0.3 is 15.7 Å². The molecule has 0 aromatic carbocycles. The van der Waals surface area contributed by atoms with Gasteiger partial charge in [-0.2, -0.15) is 0 Å².